The fourth-order valence-electron chi connectivity index (χ4n) is 5.19. The summed E-state index contributed by atoms with van der Waals surface area (Å²) in [6, 6.07) is 28.7. The van der Waals surface area contributed by atoms with Crippen LogP contribution in [0, 0.1) is 6.92 Å². The van der Waals surface area contributed by atoms with Crippen molar-refractivity contribution in [2.75, 3.05) is 0 Å². The summed E-state index contributed by atoms with van der Waals surface area (Å²) >= 11 is 0. The van der Waals surface area contributed by atoms with Crippen LogP contribution < -0.4 is 0 Å². The number of hydrogen-bond acceptors (Lipinski definition) is 4. The van der Waals surface area contributed by atoms with Crippen LogP contribution in [0.25, 0.3) is 56.1 Å². The number of aromatic hydroxyl groups is 1. The number of nitrogens with zero attached hydrogens (tertiary/aromatic N) is 4. The molecule has 0 saturated carbocycles. The summed E-state index contributed by atoms with van der Waals surface area (Å²) < 4.78 is 1.96. The molecule has 0 amide bonds. The number of aryl methyl sites for hydroxylation is 2. The van der Waals surface area contributed by atoms with Gasteiger partial charge in [0.1, 0.15) is 17.1 Å². The van der Waals surface area contributed by atoms with E-state index in [1.165, 1.54) is 11.1 Å². The summed E-state index contributed by atoms with van der Waals surface area (Å²) in [5.41, 5.74) is 10.8. The smallest absolute Gasteiger partial charge is 0.160 e. The fourth-order valence-corrected chi connectivity index (χ4v) is 5.19. The number of hydrogen-bond donors (Lipinski definition) is 1. The van der Waals surface area contributed by atoms with Crippen molar-refractivity contribution in [3.8, 4) is 50.6 Å². The molecule has 3 heterocycles. The van der Waals surface area contributed by atoms with Crippen molar-refractivity contribution in [1.82, 2.24) is 19.5 Å². The van der Waals surface area contributed by atoms with E-state index < -0.39 is 0 Å². The van der Waals surface area contributed by atoms with Gasteiger partial charge >= 0.3 is 0 Å². The maximum atomic E-state index is 10.8. The molecule has 0 bridgehead atoms. The zero-order valence-electron chi connectivity index (χ0n) is 23.5. The Morgan fingerprint density at radius 3 is 2.25 bits per heavy atom. The Morgan fingerprint density at radius 2 is 1.48 bits per heavy atom. The summed E-state index contributed by atoms with van der Waals surface area (Å²) in [6.07, 6.45) is 3.76. The molecule has 3 aromatic heterocycles. The molecule has 3 aromatic carbocycles. The number of phenols is 1. The number of phenolic OH excluding ortho intramolecular Hbond substituents is 1. The first-order valence-corrected chi connectivity index (χ1v) is 13.5. The van der Waals surface area contributed by atoms with Gasteiger partial charge in [0.25, 0.3) is 0 Å². The second kappa shape index (κ2) is 9.76. The lowest BCUT2D eigenvalue weighted by atomic mass is 9.86. The number of fused-ring (bicyclic) bond motifs is 1. The standard InChI is InChI=1S/C35H32N4O/c1-22-21-37-30(20-28(22)23-10-7-6-8-11-23)25-13-9-12-24(18-25)27-16-17-36-34-32(27)38-33(39(34)5)29-19-26(35(2,3)4)14-15-31(29)40/h6-21,40H,1-5H3. The minimum Gasteiger partial charge on any atom is -0.507 e. The van der Waals surface area contributed by atoms with Gasteiger partial charge in [-0.05, 0) is 70.5 Å². The van der Waals surface area contributed by atoms with Crippen molar-refractivity contribution < 1.29 is 5.11 Å². The lowest BCUT2D eigenvalue weighted by Crippen LogP contribution is -2.11. The number of imidazole rings is 1. The van der Waals surface area contributed by atoms with Crippen LogP contribution >= 0.6 is 0 Å². The third-order valence-corrected chi connectivity index (χ3v) is 7.52. The van der Waals surface area contributed by atoms with Crippen molar-refractivity contribution in [2.45, 2.75) is 33.1 Å². The van der Waals surface area contributed by atoms with Crippen molar-refractivity contribution in [3.63, 3.8) is 0 Å². The molecule has 0 aliphatic heterocycles. The topological polar surface area (TPSA) is 63.8 Å². The van der Waals surface area contributed by atoms with Crippen molar-refractivity contribution in [3.05, 3.63) is 108 Å². The molecule has 5 nitrogen and oxygen atoms in total. The third kappa shape index (κ3) is 4.54. The molecule has 1 N–H and O–H groups in total. The predicted molar refractivity (Wildman–Crippen MR) is 163 cm³/mol. The normalized spacial score (nSPS) is 11.7. The highest BCUT2D eigenvalue weighted by molar-refractivity contribution is 5.93. The molecule has 0 spiro atoms. The number of aromatic nitrogens is 4. The van der Waals surface area contributed by atoms with E-state index in [0.29, 0.717) is 11.4 Å². The molecule has 6 aromatic rings. The second-order valence-electron chi connectivity index (χ2n) is 11.3. The molecule has 5 heteroatoms. The molecule has 40 heavy (non-hydrogen) atoms. The zero-order chi connectivity index (χ0) is 28.0. The van der Waals surface area contributed by atoms with Crippen molar-refractivity contribution >= 4 is 11.2 Å². The summed E-state index contributed by atoms with van der Waals surface area (Å²) in [7, 11) is 1.95. The summed E-state index contributed by atoms with van der Waals surface area (Å²) in [4.78, 5) is 14.5. The van der Waals surface area contributed by atoms with Crippen LogP contribution in [0.3, 0.4) is 0 Å². The molecule has 0 atom stereocenters. The Bertz CT molecular complexity index is 1860. The van der Waals surface area contributed by atoms with Gasteiger partial charge in [-0.15, -0.1) is 0 Å². The zero-order valence-corrected chi connectivity index (χ0v) is 23.5. The SMILES string of the molecule is Cc1cnc(-c2cccc(-c3ccnc4c3nc(-c3cc(C(C)(C)C)ccc3O)n4C)c2)cc1-c1ccccc1. The highest BCUT2D eigenvalue weighted by Gasteiger charge is 2.21. The molecule has 0 unspecified atom stereocenters. The van der Waals surface area contributed by atoms with Crippen LogP contribution in [0.2, 0.25) is 0 Å². The Kier molecular flexibility index (Phi) is 6.22. The molecular weight excluding hydrogens is 492 g/mol. The van der Waals surface area contributed by atoms with Crippen LogP contribution in [-0.2, 0) is 12.5 Å². The van der Waals surface area contributed by atoms with E-state index in [9.17, 15) is 5.11 Å². The van der Waals surface area contributed by atoms with E-state index in [2.05, 4.69) is 87.3 Å². The maximum absolute atomic E-state index is 10.8. The van der Waals surface area contributed by atoms with E-state index in [4.69, 9.17) is 9.97 Å². The molecule has 0 fully saturated rings. The van der Waals surface area contributed by atoms with Gasteiger partial charge in [0.15, 0.2) is 5.65 Å². The fraction of sp³-hybridized carbons (Fsp3) is 0.171. The minimum absolute atomic E-state index is 0.0543. The van der Waals surface area contributed by atoms with Crippen LogP contribution in [0.1, 0.15) is 31.9 Å². The van der Waals surface area contributed by atoms with Crippen LogP contribution in [-0.4, -0.2) is 24.6 Å². The predicted octanol–water partition coefficient (Wildman–Crippen LogP) is 8.34. The van der Waals surface area contributed by atoms with Gasteiger partial charge in [-0.3, -0.25) is 4.98 Å². The van der Waals surface area contributed by atoms with E-state index in [1.807, 2.05) is 48.3 Å². The van der Waals surface area contributed by atoms with Gasteiger partial charge in [-0.25, -0.2) is 9.97 Å². The first-order valence-electron chi connectivity index (χ1n) is 13.5. The highest BCUT2D eigenvalue weighted by atomic mass is 16.3. The van der Waals surface area contributed by atoms with Gasteiger partial charge in [0.05, 0.1) is 11.3 Å². The maximum Gasteiger partial charge on any atom is 0.160 e. The Morgan fingerprint density at radius 1 is 0.725 bits per heavy atom. The van der Waals surface area contributed by atoms with Gasteiger partial charge in [0, 0.05) is 30.6 Å². The van der Waals surface area contributed by atoms with Gasteiger partial charge in [-0.2, -0.15) is 0 Å². The van der Waals surface area contributed by atoms with E-state index >= 15 is 0 Å². The molecule has 0 saturated heterocycles. The molecular formula is C35H32N4O. The molecule has 0 aliphatic rings. The van der Waals surface area contributed by atoms with Gasteiger partial charge in [-0.1, -0.05) is 75.4 Å². The van der Waals surface area contributed by atoms with Gasteiger partial charge < -0.3 is 9.67 Å². The molecule has 0 aliphatic carbocycles. The average molecular weight is 525 g/mol. The molecule has 0 radical (unpaired) electrons. The highest BCUT2D eigenvalue weighted by Crippen LogP contribution is 2.37. The number of rotatable bonds is 4. The first-order chi connectivity index (χ1) is 19.2. The van der Waals surface area contributed by atoms with Crippen LogP contribution in [0.4, 0.5) is 0 Å². The quantitative estimate of drug-likeness (QED) is 0.252. The summed E-state index contributed by atoms with van der Waals surface area (Å²) in [5.74, 6) is 0.886. The largest absolute Gasteiger partial charge is 0.507 e. The third-order valence-electron chi connectivity index (χ3n) is 7.52. The van der Waals surface area contributed by atoms with Crippen LogP contribution in [0.15, 0.2) is 97.3 Å². The van der Waals surface area contributed by atoms with Crippen LogP contribution in [0.5, 0.6) is 5.75 Å². The summed E-state index contributed by atoms with van der Waals surface area (Å²) in [6.45, 7) is 8.58. The van der Waals surface area contributed by atoms with E-state index in [0.717, 1.165) is 44.7 Å². The van der Waals surface area contributed by atoms with E-state index in [-0.39, 0.29) is 11.2 Å². The Labute approximate surface area is 234 Å². The minimum atomic E-state index is -0.0543. The average Bonchev–Trinajstić information content (AvgIpc) is 3.29. The van der Waals surface area contributed by atoms with Gasteiger partial charge in [0.2, 0.25) is 0 Å². The second-order valence-corrected chi connectivity index (χ2v) is 11.3. The Hall–Kier alpha value is -4.77. The molecule has 198 valence electrons. The molecule has 6 rings (SSSR count). The lowest BCUT2D eigenvalue weighted by Gasteiger charge is -2.20. The number of benzene rings is 3. The lowest BCUT2D eigenvalue weighted by molar-refractivity contribution is 0.475. The number of pyridine rings is 2. The monoisotopic (exact) mass is 524 g/mol. The van der Waals surface area contributed by atoms with E-state index in [1.54, 1.807) is 6.07 Å². The Balaban J connectivity index is 1.46. The summed E-state index contributed by atoms with van der Waals surface area (Å²) in [5, 5.41) is 10.8. The first kappa shape index (κ1) is 25.5. The van der Waals surface area contributed by atoms with Crippen molar-refractivity contribution in [2.24, 2.45) is 7.05 Å². The van der Waals surface area contributed by atoms with Crippen molar-refractivity contribution in [1.29, 1.82) is 0 Å².